The number of hydrogen-bond donors (Lipinski definition) is 2. The predicted molar refractivity (Wildman–Crippen MR) is 60.9 cm³/mol. The van der Waals surface area contributed by atoms with Crippen molar-refractivity contribution in [3.63, 3.8) is 0 Å². The summed E-state index contributed by atoms with van der Waals surface area (Å²) in [6, 6.07) is 4.72. The van der Waals surface area contributed by atoms with E-state index in [1.807, 2.05) is 0 Å². The van der Waals surface area contributed by atoms with E-state index in [9.17, 15) is 8.42 Å². The van der Waals surface area contributed by atoms with E-state index in [4.69, 9.17) is 5.11 Å². The van der Waals surface area contributed by atoms with E-state index in [0.717, 1.165) is 0 Å². The van der Waals surface area contributed by atoms with E-state index in [1.165, 1.54) is 6.07 Å². The van der Waals surface area contributed by atoms with Crippen LogP contribution in [0.15, 0.2) is 27.6 Å². The van der Waals surface area contributed by atoms with Crippen molar-refractivity contribution < 1.29 is 13.5 Å². The Hall–Kier alpha value is -0.430. The smallest absolute Gasteiger partial charge is 0.241 e. The number of aliphatic hydroxyl groups excluding tert-OH is 1. The van der Waals surface area contributed by atoms with Crippen LogP contribution in [-0.2, 0) is 16.6 Å². The molecule has 84 valence electrons. The molecule has 0 fully saturated rings. The highest BCUT2D eigenvalue weighted by Crippen LogP contribution is 2.22. The fourth-order valence-electron chi connectivity index (χ4n) is 1.12. The average Bonchev–Trinajstić information content (AvgIpc) is 2.18. The third-order valence-corrected chi connectivity index (χ3v) is 4.34. The molecule has 6 heteroatoms. The zero-order valence-electron chi connectivity index (χ0n) is 8.20. The van der Waals surface area contributed by atoms with Crippen LogP contribution >= 0.6 is 15.9 Å². The molecular formula is C9H12BrNO3S. The lowest BCUT2D eigenvalue weighted by Crippen LogP contribution is -2.23. The molecule has 1 rings (SSSR count). The molecule has 0 saturated heterocycles. The van der Waals surface area contributed by atoms with E-state index in [2.05, 4.69) is 20.7 Å². The molecule has 0 aliphatic rings. The summed E-state index contributed by atoms with van der Waals surface area (Å²) in [7, 11) is -3.48. The van der Waals surface area contributed by atoms with Crippen LogP contribution in [0.1, 0.15) is 12.5 Å². The molecule has 0 radical (unpaired) electrons. The van der Waals surface area contributed by atoms with E-state index < -0.39 is 10.0 Å². The van der Waals surface area contributed by atoms with Gasteiger partial charge in [-0.1, -0.05) is 13.0 Å². The third-order valence-electron chi connectivity index (χ3n) is 1.80. The molecule has 0 unspecified atom stereocenters. The van der Waals surface area contributed by atoms with Gasteiger partial charge in [0, 0.05) is 11.0 Å². The van der Waals surface area contributed by atoms with Crippen molar-refractivity contribution in [1.29, 1.82) is 0 Å². The molecule has 1 aromatic rings. The molecule has 15 heavy (non-hydrogen) atoms. The Balaban J connectivity index is 3.24. The molecule has 0 aliphatic carbocycles. The van der Waals surface area contributed by atoms with E-state index in [-0.39, 0.29) is 11.5 Å². The van der Waals surface area contributed by atoms with E-state index in [1.54, 1.807) is 19.1 Å². The first kappa shape index (κ1) is 12.6. The average molecular weight is 294 g/mol. The van der Waals surface area contributed by atoms with Gasteiger partial charge in [-0.3, -0.25) is 0 Å². The third kappa shape index (κ3) is 3.01. The number of sulfonamides is 1. The Morgan fingerprint density at radius 3 is 2.67 bits per heavy atom. The van der Waals surface area contributed by atoms with Crippen LogP contribution in [0.25, 0.3) is 0 Å². The zero-order chi connectivity index (χ0) is 11.5. The first-order valence-electron chi connectivity index (χ1n) is 4.40. The Morgan fingerprint density at radius 2 is 2.13 bits per heavy atom. The summed E-state index contributed by atoms with van der Waals surface area (Å²) in [4.78, 5) is 0.149. The summed E-state index contributed by atoms with van der Waals surface area (Å²) in [6.45, 7) is 1.86. The van der Waals surface area contributed by atoms with Crippen molar-refractivity contribution in [3.8, 4) is 0 Å². The van der Waals surface area contributed by atoms with Crippen LogP contribution in [0.2, 0.25) is 0 Å². The van der Waals surface area contributed by atoms with Crippen molar-refractivity contribution in [1.82, 2.24) is 4.72 Å². The second-order valence-electron chi connectivity index (χ2n) is 2.92. The molecule has 0 heterocycles. The highest BCUT2D eigenvalue weighted by molar-refractivity contribution is 9.10. The molecule has 0 atom stereocenters. The van der Waals surface area contributed by atoms with Gasteiger partial charge in [0.25, 0.3) is 0 Å². The Bertz CT molecular complexity index is 445. The number of aliphatic hydroxyl groups is 1. The van der Waals surface area contributed by atoms with Crippen molar-refractivity contribution >= 4 is 26.0 Å². The first-order chi connectivity index (χ1) is 7.01. The molecule has 0 aliphatic heterocycles. The number of rotatable bonds is 4. The van der Waals surface area contributed by atoms with Gasteiger partial charge in [0.15, 0.2) is 0 Å². The molecule has 0 aromatic heterocycles. The summed E-state index contributed by atoms with van der Waals surface area (Å²) in [5.74, 6) is 0. The first-order valence-corrected chi connectivity index (χ1v) is 6.68. The Kier molecular flexibility index (Phi) is 4.27. The lowest BCUT2D eigenvalue weighted by Gasteiger charge is -2.08. The normalized spacial score (nSPS) is 11.7. The van der Waals surface area contributed by atoms with Crippen LogP contribution in [0.3, 0.4) is 0 Å². The van der Waals surface area contributed by atoms with Crippen LogP contribution in [-0.4, -0.2) is 20.1 Å². The lowest BCUT2D eigenvalue weighted by atomic mass is 10.2. The van der Waals surface area contributed by atoms with Crippen molar-refractivity contribution in [2.24, 2.45) is 0 Å². The number of halogens is 1. The molecule has 2 N–H and O–H groups in total. The minimum Gasteiger partial charge on any atom is -0.392 e. The largest absolute Gasteiger partial charge is 0.392 e. The summed E-state index contributed by atoms with van der Waals surface area (Å²) < 4.78 is 26.3. The zero-order valence-corrected chi connectivity index (χ0v) is 10.6. The fraction of sp³-hybridized carbons (Fsp3) is 0.333. The van der Waals surface area contributed by atoms with Crippen LogP contribution in [0, 0.1) is 0 Å². The SMILES string of the molecule is CCNS(=O)(=O)c1cc(CO)ccc1Br. The van der Waals surface area contributed by atoms with Gasteiger partial charge in [0.2, 0.25) is 10.0 Å². The molecule has 4 nitrogen and oxygen atoms in total. The van der Waals surface area contributed by atoms with E-state index in [0.29, 0.717) is 16.6 Å². The molecule has 0 saturated carbocycles. The van der Waals surface area contributed by atoms with Crippen LogP contribution in [0.5, 0.6) is 0 Å². The highest BCUT2D eigenvalue weighted by atomic mass is 79.9. The van der Waals surface area contributed by atoms with Crippen molar-refractivity contribution in [3.05, 3.63) is 28.2 Å². The maximum Gasteiger partial charge on any atom is 0.241 e. The van der Waals surface area contributed by atoms with Crippen LogP contribution in [0.4, 0.5) is 0 Å². The molecule has 0 bridgehead atoms. The number of hydrogen-bond acceptors (Lipinski definition) is 3. The Morgan fingerprint density at radius 1 is 1.47 bits per heavy atom. The second-order valence-corrected chi connectivity index (χ2v) is 5.51. The fourth-order valence-corrected chi connectivity index (χ4v) is 3.17. The molecule has 0 amide bonds. The monoisotopic (exact) mass is 293 g/mol. The van der Waals surface area contributed by atoms with Gasteiger partial charge in [-0.25, -0.2) is 13.1 Å². The topological polar surface area (TPSA) is 66.4 Å². The van der Waals surface area contributed by atoms with E-state index >= 15 is 0 Å². The van der Waals surface area contributed by atoms with Gasteiger partial charge >= 0.3 is 0 Å². The minimum absolute atomic E-state index is 0.149. The number of benzene rings is 1. The molecule has 0 spiro atoms. The minimum atomic E-state index is -3.48. The summed E-state index contributed by atoms with van der Waals surface area (Å²) >= 11 is 3.16. The van der Waals surface area contributed by atoms with Gasteiger partial charge in [-0.05, 0) is 33.6 Å². The standard InChI is InChI=1S/C9H12BrNO3S/c1-2-11-15(13,14)9-5-7(6-12)3-4-8(9)10/h3-5,11-12H,2,6H2,1H3. The van der Waals surface area contributed by atoms with Crippen molar-refractivity contribution in [2.45, 2.75) is 18.4 Å². The van der Waals surface area contributed by atoms with Gasteiger partial charge < -0.3 is 5.11 Å². The second kappa shape index (κ2) is 5.07. The maximum absolute atomic E-state index is 11.7. The summed E-state index contributed by atoms with van der Waals surface area (Å²) in [6.07, 6.45) is 0. The van der Waals surface area contributed by atoms with Crippen LogP contribution < -0.4 is 4.72 Å². The van der Waals surface area contributed by atoms with Gasteiger partial charge in [0.05, 0.1) is 11.5 Å². The van der Waals surface area contributed by atoms with Gasteiger partial charge in [0.1, 0.15) is 0 Å². The maximum atomic E-state index is 11.7. The summed E-state index contributed by atoms with van der Waals surface area (Å²) in [5, 5.41) is 8.92. The molecule has 1 aromatic carbocycles. The quantitative estimate of drug-likeness (QED) is 0.878. The predicted octanol–water partition coefficient (Wildman–Crippen LogP) is 1.24. The van der Waals surface area contributed by atoms with Gasteiger partial charge in [-0.2, -0.15) is 0 Å². The highest BCUT2D eigenvalue weighted by Gasteiger charge is 2.16. The van der Waals surface area contributed by atoms with Gasteiger partial charge in [-0.15, -0.1) is 0 Å². The van der Waals surface area contributed by atoms with Crippen molar-refractivity contribution in [2.75, 3.05) is 6.54 Å². The molecular weight excluding hydrogens is 282 g/mol. The number of nitrogens with one attached hydrogen (secondary N) is 1. The lowest BCUT2D eigenvalue weighted by molar-refractivity contribution is 0.281. The Labute approximate surface area is 97.5 Å². The summed E-state index contributed by atoms with van der Waals surface area (Å²) in [5.41, 5.74) is 0.565.